The first kappa shape index (κ1) is 11.5. The molecule has 1 aliphatic heterocycles. The van der Waals surface area contributed by atoms with Crippen LogP contribution < -0.4 is 10.6 Å². The maximum Gasteiger partial charge on any atom is 0.244 e. The van der Waals surface area contributed by atoms with Crippen LogP contribution in [0.5, 0.6) is 0 Å². The molecule has 2 rings (SSSR count). The Bertz CT molecular complexity index is 385. The van der Waals surface area contributed by atoms with Crippen LogP contribution in [0.2, 0.25) is 0 Å². The summed E-state index contributed by atoms with van der Waals surface area (Å²) in [6.45, 7) is 4.60. The summed E-state index contributed by atoms with van der Waals surface area (Å²) in [6.07, 6.45) is 0. The van der Waals surface area contributed by atoms with Gasteiger partial charge in [0.25, 0.3) is 0 Å². The highest BCUT2D eigenvalue weighted by Crippen LogP contribution is 2.18. The van der Waals surface area contributed by atoms with Crippen molar-refractivity contribution in [1.29, 1.82) is 0 Å². The average Bonchev–Trinajstić information content (AvgIpc) is 2.62. The fraction of sp³-hybridized carbons (Fsp3) is 0.600. The minimum atomic E-state index is -0.136. The van der Waals surface area contributed by atoms with Crippen LogP contribution >= 0.6 is 11.8 Å². The van der Waals surface area contributed by atoms with Crippen LogP contribution in [0.25, 0.3) is 0 Å². The van der Waals surface area contributed by atoms with Crippen LogP contribution in [0.4, 0.5) is 5.88 Å². The van der Waals surface area contributed by atoms with Crippen LogP contribution in [-0.2, 0) is 4.79 Å². The fourth-order valence-corrected chi connectivity index (χ4v) is 2.40. The Morgan fingerprint density at radius 1 is 1.62 bits per heavy atom. The lowest BCUT2D eigenvalue weighted by Gasteiger charge is -2.21. The summed E-state index contributed by atoms with van der Waals surface area (Å²) in [7, 11) is 0. The van der Waals surface area contributed by atoms with Crippen molar-refractivity contribution in [2.75, 3.05) is 23.4 Å². The standard InChI is InChI=1S/C10H15N3O2S/c1-6-7(2)13-15-10(6)12-9(14)8-5-16-4-3-11-8/h8,11H,3-5H2,1-2H3,(H,12,14). The summed E-state index contributed by atoms with van der Waals surface area (Å²) in [5.41, 5.74) is 1.69. The molecule has 0 spiro atoms. The predicted octanol–water partition coefficient (Wildman–Crippen LogP) is 0.935. The number of hydrogen-bond donors (Lipinski definition) is 2. The van der Waals surface area contributed by atoms with E-state index >= 15 is 0 Å². The first-order valence-electron chi connectivity index (χ1n) is 5.23. The van der Waals surface area contributed by atoms with Crippen molar-refractivity contribution in [3.05, 3.63) is 11.3 Å². The van der Waals surface area contributed by atoms with E-state index in [1.165, 1.54) is 0 Å². The predicted molar refractivity (Wildman–Crippen MR) is 63.7 cm³/mol. The molecule has 0 aliphatic carbocycles. The van der Waals surface area contributed by atoms with Gasteiger partial charge in [-0.25, -0.2) is 0 Å². The Kier molecular flexibility index (Phi) is 3.50. The van der Waals surface area contributed by atoms with Gasteiger partial charge in [-0.3, -0.25) is 10.1 Å². The van der Waals surface area contributed by atoms with E-state index in [1.54, 1.807) is 11.8 Å². The number of hydrogen-bond acceptors (Lipinski definition) is 5. The fourth-order valence-electron chi connectivity index (χ4n) is 1.46. The van der Waals surface area contributed by atoms with Gasteiger partial charge >= 0.3 is 0 Å². The zero-order valence-electron chi connectivity index (χ0n) is 9.37. The number of aryl methyl sites for hydroxylation is 1. The Morgan fingerprint density at radius 3 is 3.00 bits per heavy atom. The van der Waals surface area contributed by atoms with Gasteiger partial charge in [0.05, 0.1) is 11.7 Å². The van der Waals surface area contributed by atoms with E-state index < -0.39 is 0 Å². The summed E-state index contributed by atoms with van der Waals surface area (Å²) < 4.78 is 5.04. The number of rotatable bonds is 2. The molecule has 1 unspecified atom stereocenters. The van der Waals surface area contributed by atoms with Crippen molar-refractivity contribution < 1.29 is 9.32 Å². The van der Waals surface area contributed by atoms with Crippen LogP contribution in [0.1, 0.15) is 11.3 Å². The number of anilines is 1. The van der Waals surface area contributed by atoms with Gasteiger partial charge in [-0.2, -0.15) is 11.8 Å². The minimum Gasteiger partial charge on any atom is -0.338 e. The van der Waals surface area contributed by atoms with Crippen molar-refractivity contribution in [3.8, 4) is 0 Å². The van der Waals surface area contributed by atoms with Crippen LogP contribution in [0.3, 0.4) is 0 Å². The molecule has 0 radical (unpaired) electrons. The van der Waals surface area contributed by atoms with Gasteiger partial charge in [-0.15, -0.1) is 0 Å². The van der Waals surface area contributed by atoms with Gasteiger partial charge in [-0.05, 0) is 13.8 Å². The van der Waals surface area contributed by atoms with Gasteiger partial charge in [0.2, 0.25) is 11.8 Å². The smallest absolute Gasteiger partial charge is 0.244 e. The highest BCUT2D eigenvalue weighted by atomic mass is 32.2. The van der Waals surface area contributed by atoms with Crippen LogP contribution in [0.15, 0.2) is 4.52 Å². The lowest BCUT2D eigenvalue weighted by Crippen LogP contribution is -2.46. The van der Waals surface area contributed by atoms with E-state index in [-0.39, 0.29) is 11.9 Å². The van der Waals surface area contributed by atoms with Crippen molar-refractivity contribution in [3.63, 3.8) is 0 Å². The topological polar surface area (TPSA) is 67.2 Å². The van der Waals surface area contributed by atoms with Gasteiger partial charge in [0.15, 0.2) is 0 Å². The van der Waals surface area contributed by atoms with E-state index in [4.69, 9.17) is 4.52 Å². The molecule has 0 saturated carbocycles. The Labute approximate surface area is 98.3 Å². The van der Waals surface area contributed by atoms with E-state index in [0.717, 1.165) is 29.3 Å². The van der Waals surface area contributed by atoms with Gasteiger partial charge in [0.1, 0.15) is 0 Å². The molecule has 1 fully saturated rings. The third kappa shape index (κ3) is 2.38. The summed E-state index contributed by atoms with van der Waals surface area (Å²) in [4.78, 5) is 11.9. The minimum absolute atomic E-state index is 0.0496. The SMILES string of the molecule is Cc1noc(NC(=O)C2CSCCN2)c1C. The van der Waals surface area contributed by atoms with Gasteiger partial charge in [0, 0.05) is 23.6 Å². The molecule has 0 aromatic carbocycles. The highest BCUT2D eigenvalue weighted by molar-refractivity contribution is 7.99. The molecule has 6 heteroatoms. The number of nitrogens with one attached hydrogen (secondary N) is 2. The molecule has 5 nitrogen and oxygen atoms in total. The van der Waals surface area contributed by atoms with Gasteiger partial charge < -0.3 is 9.84 Å². The zero-order valence-corrected chi connectivity index (χ0v) is 10.2. The van der Waals surface area contributed by atoms with E-state index in [1.807, 2.05) is 13.8 Å². The maximum atomic E-state index is 11.9. The van der Waals surface area contributed by atoms with E-state index in [0.29, 0.717) is 5.88 Å². The van der Waals surface area contributed by atoms with Gasteiger partial charge in [-0.1, -0.05) is 5.16 Å². The highest BCUT2D eigenvalue weighted by Gasteiger charge is 2.22. The zero-order chi connectivity index (χ0) is 11.5. The summed E-state index contributed by atoms with van der Waals surface area (Å²) >= 11 is 1.78. The third-order valence-electron chi connectivity index (χ3n) is 2.63. The lowest BCUT2D eigenvalue weighted by molar-refractivity contribution is -0.117. The number of nitrogens with zero attached hydrogens (tertiary/aromatic N) is 1. The Balaban J connectivity index is 1.98. The van der Waals surface area contributed by atoms with Crippen LogP contribution in [-0.4, -0.2) is 35.2 Å². The quantitative estimate of drug-likeness (QED) is 0.806. The molecule has 88 valence electrons. The summed E-state index contributed by atoms with van der Waals surface area (Å²) in [5.74, 6) is 2.27. The number of amides is 1. The number of aromatic nitrogens is 1. The molecule has 1 aromatic rings. The third-order valence-corrected chi connectivity index (χ3v) is 3.69. The maximum absolute atomic E-state index is 11.9. The molecule has 1 aliphatic rings. The molecule has 1 saturated heterocycles. The summed E-state index contributed by atoms with van der Waals surface area (Å²) in [5, 5.41) is 9.73. The second-order valence-corrected chi connectivity index (χ2v) is 4.94. The van der Waals surface area contributed by atoms with Crippen LogP contribution in [0, 0.1) is 13.8 Å². The van der Waals surface area contributed by atoms with E-state index in [9.17, 15) is 4.79 Å². The molecule has 16 heavy (non-hydrogen) atoms. The first-order valence-corrected chi connectivity index (χ1v) is 6.39. The Hall–Kier alpha value is -1.01. The molecule has 2 heterocycles. The average molecular weight is 241 g/mol. The molecular formula is C10H15N3O2S. The lowest BCUT2D eigenvalue weighted by atomic mass is 10.2. The number of thioether (sulfide) groups is 1. The molecule has 0 bridgehead atoms. The number of carbonyl (C=O) groups is 1. The second-order valence-electron chi connectivity index (χ2n) is 3.79. The van der Waals surface area contributed by atoms with Crippen molar-refractivity contribution in [2.45, 2.75) is 19.9 Å². The molecule has 2 N–H and O–H groups in total. The van der Waals surface area contributed by atoms with Crippen molar-refractivity contribution >= 4 is 23.6 Å². The monoisotopic (exact) mass is 241 g/mol. The first-order chi connectivity index (χ1) is 7.68. The largest absolute Gasteiger partial charge is 0.338 e. The molecule has 1 atom stereocenters. The van der Waals surface area contributed by atoms with Crippen molar-refractivity contribution in [1.82, 2.24) is 10.5 Å². The second kappa shape index (κ2) is 4.88. The molecular weight excluding hydrogens is 226 g/mol. The number of carbonyl (C=O) groups excluding carboxylic acids is 1. The molecule has 1 amide bonds. The normalized spacial score (nSPS) is 20.8. The summed E-state index contributed by atoms with van der Waals surface area (Å²) in [6, 6.07) is -0.136. The molecule has 1 aromatic heterocycles. The van der Waals surface area contributed by atoms with Crippen molar-refractivity contribution in [2.24, 2.45) is 0 Å². The van der Waals surface area contributed by atoms with E-state index in [2.05, 4.69) is 15.8 Å². The Morgan fingerprint density at radius 2 is 2.44 bits per heavy atom.